The summed E-state index contributed by atoms with van der Waals surface area (Å²) < 4.78 is 13.1. The number of halogens is 1. The minimum Gasteiger partial charge on any atom is -0.338 e. The molecule has 1 saturated carbocycles. The van der Waals surface area contributed by atoms with Crippen LogP contribution in [0.5, 0.6) is 0 Å². The van der Waals surface area contributed by atoms with E-state index in [2.05, 4.69) is 10.6 Å². The third-order valence-corrected chi connectivity index (χ3v) is 2.21. The van der Waals surface area contributed by atoms with Crippen LogP contribution in [0.4, 0.5) is 9.18 Å². The molecule has 1 heterocycles. The minimum atomic E-state index is -1.08. The summed E-state index contributed by atoms with van der Waals surface area (Å²) in [5.41, 5.74) is -1.08. The number of nitrogens with one attached hydrogen (secondary N) is 2. The van der Waals surface area contributed by atoms with E-state index in [-0.39, 0.29) is 18.5 Å². The fraction of sp³-hybridized carbons (Fsp3) is 0.833. The van der Waals surface area contributed by atoms with Crippen LogP contribution in [0, 0.1) is 5.92 Å². The van der Waals surface area contributed by atoms with Crippen LogP contribution in [-0.4, -0.2) is 24.8 Å². The summed E-state index contributed by atoms with van der Waals surface area (Å²) in [5, 5.41) is 5.02. The average molecular weight is 144 g/mol. The maximum atomic E-state index is 13.1. The van der Waals surface area contributed by atoms with E-state index in [1.807, 2.05) is 0 Å². The van der Waals surface area contributed by atoms with Gasteiger partial charge in [-0.1, -0.05) is 0 Å². The summed E-state index contributed by atoms with van der Waals surface area (Å²) in [5.74, 6) is 0.0615. The van der Waals surface area contributed by atoms with Gasteiger partial charge in [0.2, 0.25) is 0 Å². The van der Waals surface area contributed by atoms with E-state index in [0.717, 1.165) is 0 Å². The van der Waals surface area contributed by atoms with Crippen LogP contribution in [0.15, 0.2) is 0 Å². The molecular weight excluding hydrogens is 135 g/mol. The van der Waals surface area contributed by atoms with Crippen LogP contribution in [-0.2, 0) is 0 Å². The molecule has 2 atom stereocenters. The van der Waals surface area contributed by atoms with Crippen molar-refractivity contribution in [1.82, 2.24) is 10.6 Å². The SMILES string of the molecule is O=C1NCC2CC2(F)CN1. The van der Waals surface area contributed by atoms with E-state index >= 15 is 0 Å². The lowest BCUT2D eigenvalue weighted by molar-refractivity contribution is 0.237. The average Bonchev–Trinajstić information content (AvgIpc) is 2.54. The van der Waals surface area contributed by atoms with Gasteiger partial charge in [0.05, 0.1) is 6.54 Å². The van der Waals surface area contributed by atoms with Gasteiger partial charge in [0.15, 0.2) is 0 Å². The molecule has 2 fully saturated rings. The van der Waals surface area contributed by atoms with Crippen molar-refractivity contribution in [2.45, 2.75) is 12.1 Å². The zero-order chi connectivity index (χ0) is 7.19. The number of urea groups is 1. The minimum absolute atomic E-state index is 0.0615. The second kappa shape index (κ2) is 1.62. The molecule has 1 aliphatic carbocycles. The molecule has 0 radical (unpaired) electrons. The summed E-state index contributed by atoms with van der Waals surface area (Å²) in [6.07, 6.45) is 0.598. The molecule has 0 aromatic heterocycles. The number of hydrogen-bond acceptors (Lipinski definition) is 1. The van der Waals surface area contributed by atoms with Crippen molar-refractivity contribution in [2.75, 3.05) is 13.1 Å². The Morgan fingerprint density at radius 3 is 3.20 bits per heavy atom. The Morgan fingerprint density at radius 2 is 2.40 bits per heavy atom. The molecule has 0 spiro atoms. The number of carbonyl (C=O) groups excluding carboxylic acids is 1. The fourth-order valence-electron chi connectivity index (χ4n) is 1.33. The highest BCUT2D eigenvalue weighted by molar-refractivity contribution is 5.74. The van der Waals surface area contributed by atoms with Crippen LogP contribution < -0.4 is 10.6 Å². The van der Waals surface area contributed by atoms with Crippen molar-refractivity contribution in [3.8, 4) is 0 Å². The molecule has 2 amide bonds. The standard InChI is InChI=1S/C6H9FN2O/c7-6-1-4(6)2-8-5(10)9-3-6/h4H,1-3H2,(H2,8,9,10). The van der Waals surface area contributed by atoms with Crippen LogP contribution in [0.1, 0.15) is 6.42 Å². The number of rotatable bonds is 0. The van der Waals surface area contributed by atoms with Crippen molar-refractivity contribution in [1.29, 1.82) is 0 Å². The molecule has 3 nitrogen and oxygen atoms in total. The van der Waals surface area contributed by atoms with Gasteiger partial charge in [-0.15, -0.1) is 0 Å². The number of fused-ring (bicyclic) bond motifs is 1. The lowest BCUT2D eigenvalue weighted by atomic mass is 10.3. The van der Waals surface area contributed by atoms with Gasteiger partial charge in [-0.3, -0.25) is 0 Å². The van der Waals surface area contributed by atoms with Crippen molar-refractivity contribution in [2.24, 2.45) is 5.92 Å². The van der Waals surface area contributed by atoms with E-state index in [9.17, 15) is 9.18 Å². The second-order valence-electron chi connectivity index (χ2n) is 3.00. The van der Waals surface area contributed by atoms with Gasteiger partial charge in [-0.05, 0) is 6.42 Å². The van der Waals surface area contributed by atoms with Gasteiger partial charge in [0, 0.05) is 12.5 Å². The van der Waals surface area contributed by atoms with Gasteiger partial charge in [0.25, 0.3) is 0 Å². The lowest BCUT2D eigenvalue weighted by Crippen LogP contribution is -2.36. The van der Waals surface area contributed by atoms with E-state index in [1.165, 1.54) is 0 Å². The molecule has 56 valence electrons. The Balaban J connectivity index is 2.04. The molecule has 2 N–H and O–H groups in total. The zero-order valence-electron chi connectivity index (χ0n) is 5.48. The first-order valence-electron chi connectivity index (χ1n) is 3.41. The first kappa shape index (κ1) is 5.95. The molecule has 2 unspecified atom stereocenters. The first-order chi connectivity index (χ1) is 4.71. The van der Waals surface area contributed by atoms with Gasteiger partial charge in [0.1, 0.15) is 5.67 Å². The van der Waals surface area contributed by atoms with E-state index < -0.39 is 5.67 Å². The Kier molecular flexibility index (Phi) is 0.963. The van der Waals surface area contributed by atoms with E-state index in [1.54, 1.807) is 0 Å². The summed E-state index contributed by atoms with van der Waals surface area (Å²) in [7, 11) is 0. The molecule has 1 aliphatic heterocycles. The molecule has 0 aromatic rings. The summed E-state index contributed by atoms with van der Waals surface area (Å²) in [6.45, 7) is 0.672. The predicted molar refractivity (Wildman–Crippen MR) is 33.3 cm³/mol. The van der Waals surface area contributed by atoms with Gasteiger partial charge < -0.3 is 10.6 Å². The van der Waals surface area contributed by atoms with Crippen LogP contribution in [0.3, 0.4) is 0 Å². The van der Waals surface area contributed by atoms with Crippen molar-refractivity contribution in [3.63, 3.8) is 0 Å². The van der Waals surface area contributed by atoms with Crippen molar-refractivity contribution >= 4 is 6.03 Å². The molecule has 0 aromatic carbocycles. The smallest absolute Gasteiger partial charge is 0.314 e. The molecule has 2 aliphatic rings. The van der Waals surface area contributed by atoms with Gasteiger partial charge in [-0.25, -0.2) is 9.18 Å². The monoisotopic (exact) mass is 144 g/mol. The third-order valence-electron chi connectivity index (χ3n) is 2.21. The summed E-state index contributed by atoms with van der Waals surface area (Å²) >= 11 is 0. The van der Waals surface area contributed by atoms with Gasteiger partial charge >= 0.3 is 6.03 Å². The quantitative estimate of drug-likeness (QED) is 0.494. The normalized spacial score (nSPS) is 44.5. The number of hydrogen-bond donors (Lipinski definition) is 2. The number of alkyl halides is 1. The van der Waals surface area contributed by atoms with E-state index in [0.29, 0.717) is 13.0 Å². The summed E-state index contributed by atoms with van der Waals surface area (Å²) in [4.78, 5) is 10.6. The maximum Gasteiger partial charge on any atom is 0.314 e. The number of amides is 2. The van der Waals surface area contributed by atoms with Crippen LogP contribution >= 0.6 is 0 Å². The van der Waals surface area contributed by atoms with Gasteiger partial charge in [-0.2, -0.15) is 0 Å². The Bertz CT molecular complexity index is 185. The molecular formula is C6H9FN2O. The predicted octanol–water partition coefficient (Wildman–Crippen LogP) is 0.0274. The molecule has 1 saturated heterocycles. The highest BCUT2D eigenvalue weighted by atomic mass is 19.1. The Hall–Kier alpha value is -0.800. The fourth-order valence-corrected chi connectivity index (χ4v) is 1.33. The molecule has 2 rings (SSSR count). The topological polar surface area (TPSA) is 41.1 Å². The Morgan fingerprint density at radius 1 is 1.60 bits per heavy atom. The third kappa shape index (κ3) is 0.751. The largest absolute Gasteiger partial charge is 0.338 e. The Labute approximate surface area is 58.0 Å². The van der Waals surface area contributed by atoms with Crippen LogP contribution in [0.25, 0.3) is 0 Å². The summed E-state index contributed by atoms with van der Waals surface area (Å²) in [6, 6.07) is -0.246. The zero-order valence-corrected chi connectivity index (χ0v) is 5.48. The molecule has 10 heavy (non-hydrogen) atoms. The first-order valence-corrected chi connectivity index (χ1v) is 3.41. The van der Waals surface area contributed by atoms with E-state index in [4.69, 9.17) is 0 Å². The second-order valence-corrected chi connectivity index (χ2v) is 3.00. The number of carbonyl (C=O) groups is 1. The van der Waals surface area contributed by atoms with Crippen LogP contribution in [0.2, 0.25) is 0 Å². The highest BCUT2D eigenvalue weighted by Gasteiger charge is 2.56. The lowest BCUT2D eigenvalue weighted by Gasteiger charge is -2.02. The van der Waals surface area contributed by atoms with Crippen molar-refractivity contribution < 1.29 is 9.18 Å². The molecule has 4 heteroatoms. The molecule has 0 bridgehead atoms. The highest BCUT2D eigenvalue weighted by Crippen LogP contribution is 2.46. The maximum absolute atomic E-state index is 13.1. The van der Waals surface area contributed by atoms with Crippen molar-refractivity contribution in [3.05, 3.63) is 0 Å².